The van der Waals surface area contributed by atoms with Gasteiger partial charge in [0.1, 0.15) is 0 Å². The number of nitrogens with zero attached hydrogens (tertiary/aromatic N) is 1. The molecule has 0 bridgehead atoms. The fraction of sp³-hybridized carbons (Fsp3) is 1.00. The Bertz CT molecular complexity index is 401. The number of sulfonamides is 1. The molecule has 2 heterocycles. The molecule has 0 aromatic carbocycles. The van der Waals surface area contributed by atoms with Crippen LogP contribution in [0.25, 0.3) is 0 Å². The number of hydrogen-bond donors (Lipinski definition) is 0. The van der Waals surface area contributed by atoms with Gasteiger partial charge >= 0.3 is 0 Å². The smallest absolute Gasteiger partial charge is 0.217 e. The van der Waals surface area contributed by atoms with E-state index in [1.54, 1.807) is 0 Å². The highest BCUT2D eigenvalue weighted by Gasteiger charge is 2.39. The van der Waals surface area contributed by atoms with Gasteiger partial charge in [0.25, 0.3) is 0 Å². The van der Waals surface area contributed by atoms with Crippen LogP contribution in [0.1, 0.15) is 52.9 Å². The summed E-state index contributed by atoms with van der Waals surface area (Å²) in [5, 5.41) is -0.231. The van der Waals surface area contributed by atoms with E-state index in [-0.39, 0.29) is 11.3 Å². The average Bonchev–Trinajstić information content (AvgIpc) is 2.62. The van der Waals surface area contributed by atoms with E-state index in [9.17, 15) is 8.42 Å². The molecule has 20 heavy (non-hydrogen) atoms. The molecular weight excluding hydrogens is 274 g/mol. The predicted octanol–water partition coefficient (Wildman–Crippen LogP) is 2.64. The Morgan fingerprint density at radius 2 is 1.70 bits per heavy atom. The van der Waals surface area contributed by atoms with E-state index in [2.05, 4.69) is 20.8 Å². The Kier molecular flexibility index (Phi) is 5.49. The second kappa shape index (κ2) is 6.75. The van der Waals surface area contributed by atoms with Crippen LogP contribution < -0.4 is 0 Å². The van der Waals surface area contributed by atoms with E-state index in [1.165, 1.54) is 0 Å². The Morgan fingerprint density at radius 3 is 2.30 bits per heavy atom. The molecule has 2 aliphatic rings. The van der Waals surface area contributed by atoms with Crippen LogP contribution in [-0.2, 0) is 14.8 Å². The molecule has 2 aliphatic heterocycles. The largest absolute Gasteiger partial charge is 0.381 e. The predicted molar refractivity (Wildman–Crippen MR) is 81.1 cm³/mol. The number of rotatable bonds is 3. The molecular formula is C15H29NO3S. The summed E-state index contributed by atoms with van der Waals surface area (Å²) in [6.07, 6.45) is 4.44. The van der Waals surface area contributed by atoms with E-state index in [4.69, 9.17) is 4.74 Å². The minimum atomic E-state index is -3.17. The summed E-state index contributed by atoms with van der Waals surface area (Å²) in [7, 11) is -3.17. The lowest BCUT2D eigenvalue weighted by Crippen LogP contribution is -2.48. The van der Waals surface area contributed by atoms with Crippen LogP contribution in [0.5, 0.6) is 0 Å². The van der Waals surface area contributed by atoms with Crippen molar-refractivity contribution in [2.45, 2.75) is 64.2 Å². The lowest BCUT2D eigenvalue weighted by Gasteiger charge is -2.35. The van der Waals surface area contributed by atoms with Crippen molar-refractivity contribution in [3.05, 3.63) is 0 Å². The Balaban J connectivity index is 2.20. The zero-order chi connectivity index (χ0) is 14.8. The van der Waals surface area contributed by atoms with Crippen molar-refractivity contribution in [1.82, 2.24) is 4.31 Å². The molecule has 0 saturated carbocycles. The van der Waals surface area contributed by atoms with Crippen LogP contribution >= 0.6 is 0 Å². The second-order valence-electron chi connectivity index (χ2n) is 6.75. The molecule has 0 unspecified atom stereocenters. The first-order chi connectivity index (χ1) is 9.43. The molecule has 2 rings (SSSR count). The maximum absolute atomic E-state index is 13.0. The Morgan fingerprint density at radius 1 is 1.05 bits per heavy atom. The zero-order valence-electron chi connectivity index (χ0n) is 13.0. The van der Waals surface area contributed by atoms with Crippen molar-refractivity contribution in [3.8, 4) is 0 Å². The highest BCUT2D eigenvalue weighted by Crippen LogP contribution is 2.31. The summed E-state index contributed by atoms with van der Waals surface area (Å²) in [4.78, 5) is 0. The van der Waals surface area contributed by atoms with E-state index in [0.717, 1.165) is 19.3 Å². The number of ether oxygens (including phenoxy) is 1. The molecule has 0 N–H and O–H groups in total. The average molecular weight is 303 g/mol. The summed E-state index contributed by atoms with van der Waals surface area (Å²) < 4.78 is 33.1. The highest BCUT2D eigenvalue weighted by atomic mass is 32.2. The molecule has 2 fully saturated rings. The highest BCUT2D eigenvalue weighted by molar-refractivity contribution is 7.89. The van der Waals surface area contributed by atoms with Crippen LogP contribution in [0, 0.1) is 11.8 Å². The maximum atomic E-state index is 13.0. The molecule has 2 saturated heterocycles. The third kappa shape index (κ3) is 3.55. The van der Waals surface area contributed by atoms with Crippen molar-refractivity contribution in [3.63, 3.8) is 0 Å². The topological polar surface area (TPSA) is 46.6 Å². The second-order valence-corrected chi connectivity index (χ2v) is 8.92. The van der Waals surface area contributed by atoms with Gasteiger partial charge in [-0.25, -0.2) is 8.42 Å². The van der Waals surface area contributed by atoms with Crippen molar-refractivity contribution in [2.24, 2.45) is 11.8 Å². The van der Waals surface area contributed by atoms with Gasteiger partial charge in [-0.2, -0.15) is 4.31 Å². The van der Waals surface area contributed by atoms with Gasteiger partial charge in [-0.05, 0) is 43.9 Å². The monoisotopic (exact) mass is 303 g/mol. The molecule has 2 atom stereocenters. The lowest BCUT2D eigenvalue weighted by atomic mass is 9.96. The molecule has 0 aliphatic carbocycles. The van der Waals surface area contributed by atoms with Gasteiger partial charge in [0.05, 0.1) is 5.25 Å². The van der Waals surface area contributed by atoms with Crippen LogP contribution in [0.3, 0.4) is 0 Å². The zero-order valence-corrected chi connectivity index (χ0v) is 13.9. The molecule has 118 valence electrons. The molecule has 0 radical (unpaired) electrons. The molecule has 0 aromatic heterocycles. The van der Waals surface area contributed by atoms with Gasteiger partial charge in [0.15, 0.2) is 0 Å². The summed E-state index contributed by atoms with van der Waals surface area (Å²) in [6.45, 7) is 8.40. The van der Waals surface area contributed by atoms with Crippen LogP contribution in [0.4, 0.5) is 0 Å². The fourth-order valence-electron chi connectivity index (χ4n) is 3.40. The van der Waals surface area contributed by atoms with E-state index in [0.29, 0.717) is 44.4 Å². The van der Waals surface area contributed by atoms with E-state index in [1.807, 2.05) is 4.31 Å². The normalized spacial score (nSPS) is 31.4. The third-order valence-corrected chi connectivity index (χ3v) is 7.27. The Labute approximate surface area is 123 Å². The van der Waals surface area contributed by atoms with Gasteiger partial charge in [0, 0.05) is 25.8 Å². The van der Waals surface area contributed by atoms with Gasteiger partial charge in [0.2, 0.25) is 10.0 Å². The van der Waals surface area contributed by atoms with Crippen molar-refractivity contribution in [2.75, 3.05) is 19.8 Å². The Hall–Kier alpha value is -0.130. The minimum Gasteiger partial charge on any atom is -0.381 e. The molecule has 0 spiro atoms. The third-order valence-electron chi connectivity index (χ3n) is 4.85. The summed E-state index contributed by atoms with van der Waals surface area (Å²) in [6, 6.07) is 0.174. The van der Waals surface area contributed by atoms with Crippen molar-refractivity contribution >= 4 is 10.0 Å². The standard InChI is InChI=1S/C15H29NO3S/c1-12(2)15-5-4-13(3)6-9-16(15)20(17,18)14-7-10-19-11-8-14/h12-15H,4-11H2,1-3H3/t13-,15-/m0/s1. The molecule has 0 amide bonds. The van der Waals surface area contributed by atoms with E-state index < -0.39 is 10.0 Å². The summed E-state index contributed by atoms with van der Waals surface area (Å²) in [5.41, 5.74) is 0. The van der Waals surface area contributed by atoms with Crippen LogP contribution in [0.2, 0.25) is 0 Å². The number of hydrogen-bond acceptors (Lipinski definition) is 3. The quantitative estimate of drug-likeness (QED) is 0.805. The van der Waals surface area contributed by atoms with Crippen molar-refractivity contribution < 1.29 is 13.2 Å². The molecule has 4 nitrogen and oxygen atoms in total. The summed E-state index contributed by atoms with van der Waals surface area (Å²) >= 11 is 0. The van der Waals surface area contributed by atoms with Crippen LogP contribution in [-0.4, -0.2) is 43.8 Å². The first-order valence-electron chi connectivity index (χ1n) is 8.01. The fourth-order valence-corrected chi connectivity index (χ4v) is 5.66. The first kappa shape index (κ1) is 16.2. The SMILES string of the molecule is CC(C)[C@@H]1CC[C@H](C)CCN1S(=O)(=O)C1CCOCC1. The minimum absolute atomic E-state index is 0.174. The summed E-state index contributed by atoms with van der Waals surface area (Å²) in [5.74, 6) is 1.01. The van der Waals surface area contributed by atoms with Gasteiger partial charge in [-0.15, -0.1) is 0 Å². The maximum Gasteiger partial charge on any atom is 0.217 e. The first-order valence-corrected chi connectivity index (χ1v) is 9.51. The van der Waals surface area contributed by atoms with Crippen molar-refractivity contribution in [1.29, 1.82) is 0 Å². The molecule has 5 heteroatoms. The van der Waals surface area contributed by atoms with Crippen LogP contribution in [0.15, 0.2) is 0 Å². The molecule has 0 aromatic rings. The van der Waals surface area contributed by atoms with E-state index >= 15 is 0 Å². The van der Waals surface area contributed by atoms with Gasteiger partial charge < -0.3 is 4.74 Å². The van der Waals surface area contributed by atoms with Gasteiger partial charge in [-0.3, -0.25) is 0 Å². The lowest BCUT2D eigenvalue weighted by molar-refractivity contribution is 0.0964. The van der Waals surface area contributed by atoms with Gasteiger partial charge in [-0.1, -0.05) is 20.8 Å².